The molecule has 1 heterocycles. The normalized spacial score (nSPS) is 28.3. The lowest BCUT2D eigenvalue weighted by Crippen LogP contribution is -2.39. The number of hydrogen-bond donors (Lipinski definition) is 1. The fourth-order valence-electron chi connectivity index (χ4n) is 1.35. The molecule has 1 fully saturated rings. The van der Waals surface area contributed by atoms with Gasteiger partial charge in [0.15, 0.2) is 0 Å². The molecule has 0 radical (unpaired) electrons. The number of primary sulfonamides is 1. The van der Waals surface area contributed by atoms with Crippen molar-refractivity contribution in [3.8, 4) is 0 Å². The minimum absolute atomic E-state index is 0.200. The van der Waals surface area contributed by atoms with Crippen LogP contribution in [0.5, 0.6) is 0 Å². The van der Waals surface area contributed by atoms with Crippen molar-refractivity contribution in [2.24, 2.45) is 5.14 Å². The first kappa shape index (κ1) is 9.95. The van der Waals surface area contributed by atoms with Gasteiger partial charge in [0, 0.05) is 6.61 Å². The molecule has 12 heavy (non-hydrogen) atoms. The average Bonchev–Trinajstić information content (AvgIpc) is 2.03. The van der Waals surface area contributed by atoms with Gasteiger partial charge in [0.2, 0.25) is 10.0 Å². The summed E-state index contributed by atoms with van der Waals surface area (Å²) in [5.41, 5.74) is 0. The lowest BCUT2D eigenvalue weighted by molar-refractivity contribution is 0.0163. The molecule has 4 nitrogen and oxygen atoms in total. The first-order valence-electron chi connectivity index (χ1n) is 4.15. The highest BCUT2D eigenvalue weighted by Crippen LogP contribution is 2.18. The molecule has 0 saturated carbocycles. The van der Waals surface area contributed by atoms with Crippen LogP contribution in [0.1, 0.15) is 26.2 Å². The third kappa shape index (κ3) is 2.43. The largest absolute Gasteiger partial charge is 0.377 e. The van der Waals surface area contributed by atoms with E-state index in [1.54, 1.807) is 6.92 Å². The van der Waals surface area contributed by atoms with Crippen molar-refractivity contribution in [1.29, 1.82) is 0 Å². The van der Waals surface area contributed by atoms with Gasteiger partial charge in [-0.2, -0.15) is 0 Å². The van der Waals surface area contributed by atoms with Gasteiger partial charge >= 0.3 is 0 Å². The van der Waals surface area contributed by atoms with E-state index in [0.29, 0.717) is 6.61 Å². The second-order valence-electron chi connectivity index (χ2n) is 3.20. The Morgan fingerprint density at radius 3 is 2.58 bits per heavy atom. The van der Waals surface area contributed by atoms with E-state index < -0.39 is 15.3 Å². The van der Waals surface area contributed by atoms with Crippen molar-refractivity contribution >= 4 is 10.0 Å². The van der Waals surface area contributed by atoms with Crippen LogP contribution in [0.4, 0.5) is 0 Å². The van der Waals surface area contributed by atoms with Gasteiger partial charge < -0.3 is 4.74 Å². The molecule has 0 aliphatic carbocycles. The molecule has 2 atom stereocenters. The molecule has 72 valence electrons. The zero-order valence-corrected chi connectivity index (χ0v) is 8.01. The summed E-state index contributed by atoms with van der Waals surface area (Å²) in [5.74, 6) is 0. The average molecular weight is 193 g/mol. The van der Waals surface area contributed by atoms with Gasteiger partial charge in [-0.15, -0.1) is 0 Å². The Kier molecular flexibility index (Phi) is 3.09. The number of hydrogen-bond acceptors (Lipinski definition) is 3. The molecule has 1 saturated heterocycles. The molecule has 2 unspecified atom stereocenters. The van der Waals surface area contributed by atoms with Crippen molar-refractivity contribution in [1.82, 2.24) is 0 Å². The van der Waals surface area contributed by atoms with Crippen LogP contribution in [-0.4, -0.2) is 26.4 Å². The Bertz CT molecular complexity index is 231. The summed E-state index contributed by atoms with van der Waals surface area (Å²) in [6.45, 7) is 2.26. The smallest absolute Gasteiger partial charge is 0.214 e. The van der Waals surface area contributed by atoms with Crippen LogP contribution in [0.25, 0.3) is 0 Å². The van der Waals surface area contributed by atoms with Gasteiger partial charge in [0.05, 0.1) is 11.4 Å². The summed E-state index contributed by atoms with van der Waals surface area (Å²) < 4.78 is 27.2. The second kappa shape index (κ2) is 3.72. The van der Waals surface area contributed by atoms with Crippen LogP contribution >= 0.6 is 0 Å². The van der Waals surface area contributed by atoms with E-state index in [1.807, 2.05) is 0 Å². The quantitative estimate of drug-likeness (QED) is 0.682. The third-order valence-corrected chi connectivity index (χ3v) is 3.60. The van der Waals surface area contributed by atoms with E-state index in [9.17, 15) is 8.42 Å². The molecule has 0 spiro atoms. The Morgan fingerprint density at radius 2 is 2.17 bits per heavy atom. The Balaban J connectivity index is 2.57. The summed E-state index contributed by atoms with van der Waals surface area (Å²) in [4.78, 5) is 0. The summed E-state index contributed by atoms with van der Waals surface area (Å²) in [6.07, 6.45) is 2.66. The summed E-state index contributed by atoms with van der Waals surface area (Å²) in [6, 6.07) is 0. The molecular weight excluding hydrogens is 178 g/mol. The van der Waals surface area contributed by atoms with Crippen LogP contribution in [-0.2, 0) is 14.8 Å². The lowest BCUT2D eigenvalue weighted by atomic mass is 10.1. The topological polar surface area (TPSA) is 69.4 Å². The summed E-state index contributed by atoms with van der Waals surface area (Å²) >= 11 is 0. The fraction of sp³-hybridized carbons (Fsp3) is 1.00. The van der Waals surface area contributed by atoms with Gasteiger partial charge in [0.1, 0.15) is 0 Å². The first-order chi connectivity index (χ1) is 5.52. The van der Waals surface area contributed by atoms with Crippen LogP contribution in [0, 0.1) is 0 Å². The Morgan fingerprint density at radius 1 is 1.50 bits per heavy atom. The molecule has 5 heteroatoms. The minimum Gasteiger partial charge on any atom is -0.377 e. The van der Waals surface area contributed by atoms with Gasteiger partial charge in [-0.05, 0) is 26.2 Å². The van der Waals surface area contributed by atoms with Crippen LogP contribution < -0.4 is 5.14 Å². The molecule has 1 aliphatic rings. The number of nitrogens with two attached hydrogens (primary N) is 1. The summed E-state index contributed by atoms with van der Waals surface area (Å²) in [7, 11) is -3.43. The van der Waals surface area contributed by atoms with Crippen molar-refractivity contribution in [3.63, 3.8) is 0 Å². The molecule has 1 aliphatic heterocycles. The summed E-state index contributed by atoms with van der Waals surface area (Å²) in [5, 5.41) is 4.43. The predicted octanol–water partition coefficient (Wildman–Crippen LogP) is 0.233. The Labute approximate surface area is 73.1 Å². The molecule has 0 bridgehead atoms. The highest BCUT2D eigenvalue weighted by molar-refractivity contribution is 7.89. The molecule has 2 N–H and O–H groups in total. The van der Waals surface area contributed by atoms with Crippen LogP contribution in [0.15, 0.2) is 0 Å². The second-order valence-corrected chi connectivity index (χ2v) is 5.12. The maximum absolute atomic E-state index is 10.9. The van der Waals surface area contributed by atoms with Gasteiger partial charge in [-0.25, -0.2) is 13.6 Å². The van der Waals surface area contributed by atoms with Crippen molar-refractivity contribution in [2.45, 2.75) is 37.5 Å². The van der Waals surface area contributed by atoms with Gasteiger partial charge in [-0.3, -0.25) is 0 Å². The first-order valence-corrected chi connectivity index (χ1v) is 5.76. The zero-order chi connectivity index (χ0) is 9.19. The molecule has 0 aromatic carbocycles. The maximum Gasteiger partial charge on any atom is 0.214 e. The standard InChI is InChI=1S/C7H15NO3S/c1-6(12(8,9)10)7-4-2-3-5-11-7/h6-7H,2-5H2,1H3,(H2,8,9,10). The van der Waals surface area contributed by atoms with E-state index in [4.69, 9.17) is 9.88 Å². The van der Waals surface area contributed by atoms with E-state index in [1.165, 1.54) is 0 Å². The van der Waals surface area contributed by atoms with Gasteiger partial charge in [0.25, 0.3) is 0 Å². The number of sulfonamides is 1. The van der Waals surface area contributed by atoms with E-state index in [-0.39, 0.29) is 6.10 Å². The molecule has 0 aromatic heterocycles. The van der Waals surface area contributed by atoms with E-state index in [0.717, 1.165) is 19.3 Å². The Hall–Kier alpha value is -0.130. The van der Waals surface area contributed by atoms with Crippen molar-refractivity contribution < 1.29 is 13.2 Å². The molecule has 1 rings (SSSR count). The van der Waals surface area contributed by atoms with Crippen LogP contribution in [0.3, 0.4) is 0 Å². The van der Waals surface area contributed by atoms with E-state index >= 15 is 0 Å². The fourth-order valence-corrected chi connectivity index (χ4v) is 1.99. The third-order valence-electron chi connectivity index (χ3n) is 2.26. The monoisotopic (exact) mass is 193 g/mol. The van der Waals surface area contributed by atoms with Crippen molar-refractivity contribution in [2.75, 3.05) is 6.61 Å². The van der Waals surface area contributed by atoms with Crippen LogP contribution in [0.2, 0.25) is 0 Å². The lowest BCUT2D eigenvalue weighted by Gasteiger charge is -2.26. The number of rotatable bonds is 2. The highest BCUT2D eigenvalue weighted by atomic mass is 32.2. The highest BCUT2D eigenvalue weighted by Gasteiger charge is 2.28. The molecule has 0 amide bonds. The van der Waals surface area contributed by atoms with Crippen molar-refractivity contribution in [3.05, 3.63) is 0 Å². The zero-order valence-electron chi connectivity index (χ0n) is 7.19. The van der Waals surface area contributed by atoms with E-state index in [2.05, 4.69) is 0 Å². The molecule has 0 aromatic rings. The minimum atomic E-state index is -3.43. The number of ether oxygens (including phenoxy) is 1. The predicted molar refractivity (Wildman–Crippen MR) is 46.2 cm³/mol. The van der Waals surface area contributed by atoms with Gasteiger partial charge in [-0.1, -0.05) is 0 Å². The molecular formula is C7H15NO3S. The SMILES string of the molecule is CC(C1CCCCO1)S(N)(=O)=O. The maximum atomic E-state index is 10.9.